The van der Waals surface area contributed by atoms with Gasteiger partial charge in [0, 0.05) is 37.6 Å². The zero-order valence-electron chi connectivity index (χ0n) is 8.28. The third kappa shape index (κ3) is 1.66. The molecule has 0 radical (unpaired) electrons. The second-order valence-electron chi connectivity index (χ2n) is 3.87. The standard InChI is InChI=1S/C10H12N4O/c1-2-11-14(3-1)10-6-13(7-10)5-9-4-12-15-8-9/h1-4,8,10H,5-7H2. The first-order valence-corrected chi connectivity index (χ1v) is 5.01. The summed E-state index contributed by atoms with van der Waals surface area (Å²) < 4.78 is 6.81. The van der Waals surface area contributed by atoms with E-state index in [0.29, 0.717) is 6.04 Å². The fourth-order valence-electron chi connectivity index (χ4n) is 1.90. The summed E-state index contributed by atoms with van der Waals surface area (Å²) in [5.74, 6) is 0. The van der Waals surface area contributed by atoms with E-state index >= 15 is 0 Å². The molecule has 3 heterocycles. The summed E-state index contributed by atoms with van der Waals surface area (Å²) in [6.45, 7) is 3.01. The summed E-state index contributed by atoms with van der Waals surface area (Å²) in [7, 11) is 0. The van der Waals surface area contributed by atoms with Crippen LogP contribution >= 0.6 is 0 Å². The number of hydrogen-bond donors (Lipinski definition) is 0. The lowest BCUT2D eigenvalue weighted by molar-refractivity contribution is 0.0907. The normalized spacial score (nSPS) is 17.9. The Hall–Kier alpha value is -1.62. The SMILES string of the molecule is c1cnn(C2CN(Cc3cnoc3)C2)c1. The van der Waals surface area contributed by atoms with Gasteiger partial charge in [0.25, 0.3) is 0 Å². The molecule has 2 aromatic heterocycles. The maximum absolute atomic E-state index is 4.79. The van der Waals surface area contributed by atoms with Crippen molar-refractivity contribution >= 4 is 0 Å². The molecule has 0 saturated carbocycles. The molecule has 0 bridgehead atoms. The van der Waals surface area contributed by atoms with Crippen molar-refractivity contribution in [2.24, 2.45) is 0 Å². The lowest BCUT2D eigenvalue weighted by Gasteiger charge is -2.38. The van der Waals surface area contributed by atoms with Crippen LogP contribution in [0.15, 0.2) is 35.4 Å². The van der Waals surface area contributed by atoms with Crippen molar-refractivity contribution in [1.82, 2.24) is 19.8 Å². The van der Waals surface area contributed by atoms with Crippen molar-refractivity contribution in [1.29, 1.82) is 0 Å². The number of nitrogens with zero attached hydrogens (tertiary/aromatic N) is 4. The molecule has 5 nitrogen and oxygen atoms in total. The molecule has 3 rings (SSSR count). The highest BCUT2D eigenvalue weighted by Crippen LogP contribution is 2.21. The fourth-order valence-corrected chi connectivity index (χ4v) is 1.90. The minimum Gasteiger partial charge on any atom is -0.364 e. The highest BCUT2D eigenvalue weighted by Gasteiger charge is 2.28. The van der Waals surface area contributed by atoms with E-state index in [-0.39, 0.29) is 0 Å². The first-order valence-electron chi connectivity index (χ1n) is 5.01. The van der Waals surface area contributed by atoms with E-state index in [0.717, 1.165) is 25.2 Å². The van der Waals surface area contributed by atoms with Gasteiger partial charge in [0.15, 0.2) is 0 Å². The molecule has 5 heteroatoms. The summed E-state index contributed by atoms with van der Waals surface area (Å²) in [6.07, 6.45) is 7.30. The van der Waals surface area contributed by atoms with Crippen LogP contribution in [0.1, 0.15) is 11.6 Å². The minimum absolute atomic E-state index is 0.528. The minimum atomic E-state index is 0.528. The molecule has 1 aliphatic rings. The van der Waals surface area contributed by atoms with Crippen LogP contribution in [0.3, 0.4) is 0 Å². The first kappa shape index (κ1) is 8.67. The van der Waals surface area contributed by atoms with Gasteiger partial charge in [0.05, 0.1) is 12.2 Å². The molecule has 2 aromatic rings. The molecule has 1 aliphatic heterocycles. The molecule has 1 saturated heterocycles. The maximum atomic E-state index is 4.79. The summed E-state index contributed by atoms with van der Waals surface area (Å²) in [5, 5.41) is 7.91. The van der Waals surface area contributed by atoms with E-state index in [2.05, 4.69) is 15.2 Å². The number of hydrogen-bond acceptors (Lipinski definition) is 4. The van der Waals surface area contributed by atoms with Crippen molar-refractivity contribution in [2.75, 3.05) is 13.1 Å². The van der Waals surface area contributed by atoms with Gasteiger partial charge in [-0.05, 0) is 6.07 Å². The maximum Gasteiger partial charge on any atom is 0.128 e. The Morgan fingerprint density at radius 2 is 2.40 bits per heavy atom. The largest absolute Gasteiger partial charge is 0.364 e. The monoisotopic (exact) mass is 204 g/mol. The summed E-state index contributed by atoms with van der Waals surface area (Å²) in [6, 6.07) is 2.49. The molecule has 15 heavy (non-hydrogen) atoms. The predicted octanol–water partition coefficient (Wildman–Crippen LogP) is 0.928. The third-order valence-electron chi connectivity index (χ3n) is 2.73. The molecular weight excluding hydrogens is 192 g/mol. The Bertz CT molecular complexity index is 403. The molecule has 0 aromatic carbocycles. The Labute approximate surface area is 87.3 Å². The van der Waals surface area contributed by atoms with E-state index in [1.165, 1.54) is 0 Å². The second-order valence-corrected chi connectivity index (χ2v) is 3.87. The fraction of sp³-hybridized carbons (Fsp3) is 0.400. The van der Waals surface area contributed by atoms with E-state index in [4.69, 9.17) is 4.52 Å². The van der Waals surface area contributed by atoms with E-state index in [9.17, 15) is 0 Å². The Morgan fingerprint density at radius 3 is 3.07 bits per heavy atom. The van der Waals surface area contributed by atoms with Crippen molar-refractivity contribution in [3.63, 3.8) is 0 Å². The van der Waals surface area contributed by atoms with Gasteiger partial charge in [-0.3, -0.25) is 9.58 Å². The van der Waals surface area contributed by atoms with Crippen molar-refractivity contribution < 1.29 is 4.52 Å². The topological polar surface area (TPSA) is 47.1 Å². The van der Waals surface area contributed by atoms with Gasteiger partial charge in [0.2, 0.25) is 0 Å². The average Bonchev–Trinajstić information content (AvgIpc) is 2.83. The highest BCUT2D eigenvalue weighted by atomic mass is 16.5. The van der Waals surface area contributed by atoms with Gasteiger partial charge in [-0.15, -0.1) is 0 Å². The predicted molar refractivity (Wildman–Crippen MR) is 53.0 cm³/mol. The molecule has 1 fully saturated rings. The smallest absolute Gasteiger partial charge is 0.128 e. The zero-order chi connectivity index (χ0) is 10.1. The Balaban J connectivity index is 1.54. The van der Waals surface area contributed by atoms with Gasteiger partial charge in [0.1, 0.15) is 6.26 Å². The molecule has 0 atom stereocenters. The van der Waals surface area contributed by atoms with Gasteiger partial charge in [-0.25, -0.2) is 0 Å². The van der Waals surface area contributed by atoms with E-state index < -0.39 is 0 Å². The summed E-state index contributed by atoms with van der Waals surface area (Å²) >= 11 is 0. The molecule has 0 N–H and O–H groups in total. The van der Waals surface area contributed by atoms with E-state index in [1.807, 2.05) is 23.1 Å². The van der Waals surface area contributed by atoms with Gasteiger partial charge < -0.3 is 4.52 Å². The average molecular weight is 204 g/mol. The molecule has 0 spiro atoms. The van der Waals surface area contributed by atoms with Crippen molar-refractivity contribution in [3.05, 3.63) is 36.5 Å². The number of rotatable bonds is 3. The first-order chi connectivity index (χ1) is 7.42. The second kappa shape index (κ2) is 3.51. The van der Waals surface area contributed by atoms with Crippen LogP contribution < -0.4 is 0 Å². The molecule has 0 aliphatic carbocycles. The van der Waals surface area contributed by atoms with Gasteiger partial charge >= 0.3 is 0 Å². The molecule has 78 valence electrons. The molecular formula is C10H12N4O. The summed E-state index contributed by atoms with van der Waals surface area (Å²) in [5.41, 5.74) is 1.13. The summed E-state index contributed by atoms with van der Waals surface area (Å²) in [4.78, 5) is 2.35. The quantitative estimate of drug-likeness (QED) is 0.746. The van der Waals surface area contributed by atoms with Crippen LogP contribution in [0.5, 0.6) is 0 Å². The van der Waals surface area contributed by atoms with Crippen LogP contribution in [0.4, 0.5) is 0 Å². The van der Waals surface area contributed by atoms with Crippen LogP contribution in [0, 0.1) is 0 Å². The zero-order valence-corrected chi connectivity index (χ0v) is 8.28. The van der Waals surface area contributed by atoms with Gasteiger partial charge in [-0.2, -0.15) is 5.10 Å². The van der Waals surface area contributed by atoms with Crippen LogP contribution in [0.2, 0.25) is 0 Å². The highest BCUT2D eigenvalue weighted by molar-refractivity contribution is 5.02. The van der Waals surface area contributed by atoms with E-state index in [1.54, 1.807) is 12.5 Å². The number of aromatic nitrogens is 3. The Kier molecular flexibility index (Phi) is 2.03. The van der Waals surface area contributed by atoms with Crippen LogP contribution in [-0.2, 0) is 6.54 Å². The van der Waals surface area contributed by atoms with Crippen molar-refractivity contribution in [3.8, 4) is 0 Å². The van der Waals surface area contributed by atoms with Crippen molar-refractivity contribution in [2.45, 2.75) is 12.6 Å². The molecule has 0 amide bonds. The lowest BCUT2D eigenvalue weighted by atomic mass is 10.1. The third-order valence-corrected chi connectivity index (χ3v) is 2.73. The lowest BCUT2D eigenvalue weighted by Crippen LogP contribution is -2.47. The Morgan fingerprint density at radius 1 is 1.47 bits per heavy atom. The van der Waals surface area contributed by atoms with Crippen LogP contribution in [0.25, 0.3) is 0 Å². The van der Waals surface area contributed by atoms with Crippen LogP contribution in [-0.4, -0.2) is 32.9 Å². The van der Waals surface area contributed by atoms with Gasteiger partial charge in [-0.1, -0.05) is 5.16 Å². The number of likely N-dealkylation sites (tertiary alicyclic amines) is 1. The molecule has 0 unspecified atom stereocenters.